The van der Waals surface area contributed by atoms with Crippen molar-refractivity contribution in [3.63, 3.8) is 0 Å². The molecule has 0 unspecified atom stereocenters. The first-order valence-corrected chi connectivity index (χ1v) is 7.61. The highest BCUT2D eigenvalue weighted by molar-refractivity contribution is 5.74. The number of amides is 2. The van der Waals surface area contributed by atoms with Gasteiger partial charge in [0.05, 0.1) is 0 Å². The van der Waals surface area contributed by atoms with E-state index in [1.165, 1.54) is 12.1 Å². The van der Waals surface area contributed by atoms with Crippen molar-refractivity contribution >= 4 is 6.03 Å². The fourth-order valence-corrected chi connectivity index (χ4v) is 2.61. The average molecular weight is 312 g/mol. The molecule has 1 aromatic rings. The lowest BCUT2D eigenvalue weighted by Gasteiger charge is -2.26. The lowest BCUT2D eigenvalue weighted by Crippen LogP contribution is -2.43. The molecule has 0 atom stereocenters. The van der Waals surface area contributed by atoms with Gasteiger partial charge in [-0.3, -0.25) is 0 Å². The van der Waals surface area contributed by atoms with Crippen LogP contribution in [0.4, 0.5) is 13.6 Å². The number of nitrogens with one attached hydrogen (secondary N) is 2. The van der Waals surface area contributed by atoms with Crippen molar-refractivity contribution in [1.82, 2.24) is 10.6 Å². The molecule has 1 saturated carbocycles. The van der Waals surface area contributed by atoms with E-state index in [4.69, 9.17) is 0 Å². The first kappa shape index (κ1) is 16.5. The lowest BCUT2D eigenvalue weighted by atomic mass is 9.87. The Morgan fingerprint density at radius 1 is 1.23 bits per heavy atom. The Kier molecular flexibility index (Phi) is 5.98. The molecule has 1 fully saturated rings. The van der Waals surface area contributed by atoms with E-state index in [1.807, 2.05) is 0 Å². The largest absolute Gasteiger partial charge is 0.435 e. The third-order valence-corrected chi connectivity index (χ3v) is 3.95. The maximum Gasteiger partial charge on any atom is 0.387 e. The van der Waals surface area contributed by atoms with Crippen LogP contribution in [0.25, 0.3) is 0 Å². The van der Waals surface area contributed by atoms with Gasteiger partial charge in [0.1, 0.15) is 5.75 Å². The highest BCUT2D eigenvalue weighted by Gasteiger charge is 2.19. The van der Waals surface area contributed by atoms with Crippen LogP contribution in [0.5, 0.6) is 5.75 Å². The summed E-state index contributed by atoms with van der Waals surface area (Å²) in [5, 5.41) is 5.75. The molecule has 1 aliphatic carbocycles. The number of ether oxygens (including phenoxy) is 1. The lowest BCUT2D eigenvalue weighted by molar-refractivity contribution is -0.0498. The summed E-state index contributed by atoms with van der Waals surface area (Å²) in [7, 11) is 0. The Labute approximate surface area is 129 Å². The maximum atomic E-state index is 12.0. The van der Waals surface area contributed by atoms with E-state index in [-0.39, 0.29) is 17.8 Å². The predicted octanol–water partition coefficient (Wildman–Crippen LogP) is 3.67. The fourth-order valence-electron chi connectivity index (χ4n) is 2.61. The molecular weight excluding hydrogens is 290 g/mol. The molecule has 6 heteroatoms. The first-order valence-electron chi connectivity index (χ1n) is 7.61. The zero-order valence-corrected chi connectivity index (χ0v) is 12.6. The maximum absolute atomic E-state index is 12.0. The molecule has 1 aromatic carbocycles. The molecule has 4 nitrogen and oxygen atoms in total. The van der Waals surface area contributed by atoms with Gasteiger partial charge in [-0.05, 0) is 49.3 Å². The van der Waals surface area contributed by atoms with Gasteiger partial charge in [0.25, 0.3) is 0 Å². The number of carbonyl (C=O) groups excluding carboxylic acids is 1. The minimum atomic E-state index is -2.83. The first-order chi connectivity index (χ1) is 10.5. The Morgan fingerprint density at radius 2 is 1.86 bits per heavy atom. The van der Waals surface area contributed by atoms with Crippen molar-refractivity contribution < 1.29 is 18.3 Å². The van der Waals surface area contributed by atoms with Gasteiger partial charge in [-0.1, -0.05) is 19.1 Å². The smallest absolute Gasteiger partial charge is 0.387 e. The molecule has 2 amide bonds. The standard InChI is InChI=1S/C16H22F2N2O2/c1-11-2-6-13(7-3-11)20-16(21)19-10-12-4-8-14(9-5-12)22-15(17)18/h4-5,8-9,11,13,15H,2-3,6-7,10H2,1H3,(H2,19,20,21). The Morgan fingerprint density at radius 3 is 2.45 bits per heavy atom. The number of halogens is 2. The van der Waals surface area contributed by atoms with Crippen LogP contribution in [0.2, 0.25) is 0 Å². The second-order valence-electron chi connectivity index (χ2n) is 5.81. The van der Waals surface area contributed by atoms with Gasteiger partial charge >= 0.3 is 12.6 Å². The summed E-state index contributed by atoms with van der Waals surface area (Å²) in [5.41, 5.74) is 0.828. The summed E-state index contributed by atoms with van der Waals surface area (Å²) in [4.78, 5) is 11.8. The number of carbonyl (C=O) groups is 1. The van der Waals surface area contributed by atoms with Gasteiger partial charge in [0.2, 0.25) is 0 Å². The zero-order chi connectivity index (χ0) is 15.9. The third kappa shape index (κ3) is 5.50. The quantitative estimate of drug-likeness (QED) is 0.871. The van der Waals surface area contributed by atoms with E-state index in [2.05, 4.69) is 22.3 Å². The van der Waals surface area contributed by atoms with Crippen molar-refractivity contribution in [3.8, 4) is 5.75 Å². The molecular formula is C16H22F2N2O2. The van der Waals surface area contributed by atoms with E-state index in [0.29, 0.717) is 6.54 Å². The molecule has 2 N–H and O–H groups in total. The van der Waals surface area contributed by atoms with Crippen LogP contribution in [0, 0.1) is 5.92 Å². The number of alkyl halides is 2. The van der Waals surface area contributed by atoms with Crippen LogP contribution in [-0.2, 0) is 6.54 Å². The van der Waals surface area contributed by atoms with Crippen molar-refractivity contribution in [2.45, 2.75) is 51.8 Å². The summed E-state index contributed by atoms with van der Waals surface area (Å²) in [6.45, 7) is -0.241. The minimum absolute atomic E-state index is 0.111. The number of hydrogen-bond acceptors (Lipinski definition) is 2. The molecule has 2 rings (SSSR count). The van der Waals surface area contributed by atoms with Gasteiger partial charge in [-0.2, -0.15) is 8.78 Å². The highest BCUT2D eigenvalue weighted by Crippen LogP contribution is 2.23. The third-order valence-electron chi connectivity index (χ3n) is 3.95. The number of urea groups is 1. The highest BCUT2D eigenvalue weighted by atomic mass is 19.3. The molecule has 0 aliphatic heterocycles. The van der Waals surface area contributed by atoms with Crippen LogP contribution >= 0.6 is 0 Å². The van der Waals surface area contributed by atoms with Crippen LogP contribution in [-0.4, -0.2) is 18.7 Å². The second kappa shape index (κ2) is 7.96. The van der Waals surface area contributed by atoms with Crippen LogP contribution < -0.4 is 15.4 Å². The van der Waals surface area contributed by atoms with Crippen LogP contribution in [0.1, 0.15) is 38.2 Å². The minimum Gasteiger partial charge on any atom is -0.435 e. The fraction of sp³-hybridized carbons (Fsp3) is 0.562. The van der Waals surface area contributed by atoms with E-state index in [9.17, 15) is 13.6 Å². The summed E-state index contributed by atoms with van der Waals surface area (Å²) < 4.78 is 28.3. The Hall–Kier alpha value is -1.85. The molecule has 0 saturated heterocycles. The van der Waals surface area contributed by atoms with Gasteiger partial charge in [0.15, 0.2) is 0 Å². The van der Waals surface area contributed by atoms with Gasteiger partial charge in [0, 0.05) is 12.6 Å². The SMILES string of the molecule is CC1CCC(NC(=O)NCc2ccc(OC(F)F)cc2)CC1. The van der Waals surface area contributed by atoms with Crippen LogP contribution in [0.15, 0.2) is 24.3 Å². The van der Waals surface area contributed by atoms with E-state index in [0.717, 1.165) is 37.2 Å². The molecule has 122 valence electrons. The molecule has 0 radical (unpaired) electrons. The summed E-state index contributed by atoms with van der Waals surface area (Å²) in [6, 6.07) is 6.29. The normalized spacial score (nSPS) is 21.5. The van der Waals surface area contributed by atoms with E-state index in [1.54, 1.807) is 12.1 Å². The average Bonchev–Trinajstić information content (AvgIpc) is 2.48. The van der Waals surface area contributed by atoms with Crippen molar-refractivity contribution in [1.29, 1.82) is 0 Å². The summed E-state index contributed by atoms with van der Waals surface area (Å²) in [5.74, 6) is 0.856. The molecule has 1 aliphatic rings. The van der Waals surface area contributed by atoms with Crippen LogP contribution in [0.3, 0.4) is 0 Å². The van der Waals surface area contributed by atoms with Gasteiger partial charge < -0.3 is 15.4 Å². The van der Waals surface area contributed by atoms with E-state index < -0.39 is 6.61 Å². The number of hydrogen-bond donors (Lipinski definition) is 2. The van der Waals surface area contributed by atoms with Gasteiger partial charge in [-0.25, -0.2) is 4.79 Å². The summed E-state index contributed by atoms with van der Waals surface area (Å²) in [6.07, 6.45) is 4.34. The number of rotatable bonds is 5. The Balaban J connectivity index is 1.71. The topological polar surface area (TPSA) is 50.4 Å². The monoisotopic (exact) mass is 312 g/mol. The predicted molar refractivity (Wildman–Crippen MR) is 79.9 cm³/mol. The molecule has 0 bridgehead atoms. The van der Waals surface area contributed by atoms with Crippen molar-refractivity contribution in [3.05, 3.63) is 29.8 Å². The van der Waals surface area contributed by atoms with Crippen molar-refractivity contribution in [2.75, 3.05) is 0 Å². The number of benzene rings is 1. The zero-order valence-electron chi connectivity index (χ0n) is 12.6. The van der Waals surface area contributed by atoms with Crippen molar-refractivity contribution in [2.24, 2.45) is 5.92 Å². The van der Waals surface area contributed by atoms with Gasteiger partial charge in [-0.15, -0.1) is 0 Å². The van der Waals surface area contributed by atoms with E-state index >= 15 is 0 Å². The molecule has 0 aromatic heterocycles. The molecule has 0 spiro atoms. The second-order valence-corrected chi connectivity index (χ2v) is 5.81. The summed E-state index contributed by atoms with van der Waals surface area (Å²) >= 11 is 0. The molecule has 22 heavy (non-hydrogen) atoms. The molecule has 0 heterocycles. The Bertz CT molecular complexity index is 472.